The predicted octanol–water partition coefficient (Wildman–Crippen LogP) is 2.52. The van der Waals surface area contributed by atoms with Crippen LogP contribution in [0, 0.1) is 20.8 Å². The van der Waals surface area contributed by atoms with Gasteiger partial charge in [0.2, 0.25) is 5.78 Å². The molecule has 1 fully saturated rings. The second kappa shape index (κ2) is 6.02. The summed E-state index contributed by atoms with van der Waals surface area (Å²) in [5.74, 6) is 0.806. The van der Waals surface area contributed by atoms with Crippen molar-refractivity contribution in [3.8, 4) is 0 Å². The van der Waals surface area contributed by atoms with E-state index in [0.29, 0.717) is 6.04 Å². The Hall–Kier alpha value is -2.21. The zero-order valence-electron chi connectivity index (χ0n) is 14.6. The minimum absolute atomic E-state index is 0.532. The van der Waals surface area contributed by atoms with Gasteiger partial charge >= 0.3 is 0 Å². The normalized spacial score (nSPS) is 18.7. The van der Waals surface area contributed by atoms with Crippen molar-refractivity contribution in [3.05, 3.63) is 47.3 Å². The van der Waals surface area contributed by atoms with Crippen molar-refractivity contribution in [2.24, 2.45) is 0 Å². The molecule has 126 valence electrons. The molecule has 1 aliphatic heterocycles. The molecule has 3 aromatic heterocycles. The number of nitrogens with zero attached hydrogens (tertiary/aromatic N) is 6. The first-order chi connectivity index (χ1) is 11.6. The Kier molecular flexibility index (Phi) is 3.84. The Morgan fingerprint density at radius 2 is 2.04 bits per heavy atom. The van der Waals surface area contributed by atoms with Crippen LogP contribution in [0.2, 0.25) is 0 Å². The number of hydrogen-bond donors (Lipinski definition) is 0. The molecule has 6 heteroatoms. The smallest absolute Gasteiger partial charge is 0.234 e. The zero-order chi connectivity index (χ0) is 16.7. The monoisotopic (exact) mass is 324 g/mol. The summed E-state index contributed by atoms with van der Waals surface area (Å²) >= 11 is 0. The van der Waals surface area contributed by atoms with Crippen LogP contribution in [0.25, 0.3) is 5.78 Å². The van der Waals surface area contributed by atoms with Gasteiger partial charge in [-0.2, -0.15) is 5.10 Å². The van der Waals surface area contributed by atoms with Crippen molar-refractivity contribution in [2.75, 3.05) is 6.54 Å². The maximum absolute atomic E-state index is 4.73. The van der Waals surface area contributed by atoms with Crippen LogP contribution in [-0.2, 0) is 13.1 Å². The molecule has 0 spiro atoms. The summed E-state index contributed by atoms with van der Waals surface area (Å²) < 4.78 is 4.15. The SMILES string of the molecule is Cc1cnn(C[C@H]2CCCN2Cc2cn3c(C)cc(C)nc3n2)c1. The predicted molar refractivity (Wildman–Crippen MR) is 92.9 cm³/mol. The average Bonchev–Trinajstić information content (AvgIpc) is 3.22. The quantitative estimate of drug-likeness (QED) is 0.740. The molecule has 4 rings (SSSR count). The van der Waals surface area contributed by atoms with Crippen molar-refractivity contribution >= 4 is 5.78 Å². The van der Waals surface area contributed by atoms with Gasteiger partial charge in [-0.3, -0.25) is 14.0 Å². The summed E-state index contributed by atoms with van der Waals surface area (Å²) in [7, 11) is 0. The third-order valence-electron chi connectivity index (χ3n) is 4.84. The van der Waals surface area contributed by atoms with Gasteiger partial charge in [-0.1, -0.05) is 0 Å². The average molecular weight is 324 g/mol. The fourth-order valence-corrected chi connectivity index (χ4v) is 3.70. The fraction of sp³-hybridized carbons (Fsp3) is 0.500. The summed E-state index contributed by atoms with van der Waals surface area (Å²) in [5, 5.41) is 4.44. The van der Waals surface area contributed by atoms with Crippen LogP contribution < -0.4 is 0 Å². The lowest BCUT2D eigenvalue weighted by Crippen LogP contribution is -2.32. The molecule has 0 unspecified atom stereocenters. The summed E-state index contributed by atoms with van der Waals surface area (Å²) in [5.41, 5.74) is 4.52. The number of fused-ring (bicyclic) bond motifs is 1. The molecule has 0 aliphatic carbocycles. The maximum atomic E-state index is 4.73. The second-order valence-corrected chi connectivity index (χ2v) is 6.95. The first-order valence-corrected chi connectivity index (χ1v) is 8.64. The van der Waals surface area contributed by atoms with Gasteiger partial charge in [0, 0.05) is 36.4 Å². The van der Waals surface area contributed by atoms with E-state index in [1.165, 1.54) is 24.1 Å². The van der Waals surface area contributed by atoms with Crippen molar-refractivity contribution in [1.82, 2.24) is 29.0 Å². The molecular formula is C18H24N6. The Bertz CT molecular complexity index is 862. The van der Waals surface area contributed by atoms with Gasteiger partial charge in [-0.25, -0.2) is 9.97 Å². The highest BCUT2D eigenvalue weighted by Crippen LogP contribution is 2.21. The molecule has 3 aromatic rings. The molecule has 0 N–H and O–H groups in total. The number of rotatable bonds is 4. The van der Waals surface area contributed by atoms with E-state index in [9.17, 15) is 0 Å². The molecule has 0 amide bonds. The number of aromatic nitrogens is 5. The van der Waals surface area contributed by atoms with Gasteiger partial charge in [0.25, 0.3) is 0 Å². The lowest BCUT2D eigenvalue weighted by Gasteiger charge is -2.23. The highest BCUT2D eigenvalue weighted by molar-refractivity contribution is 5.34. The largest absolute Gasteiger partial charge is 0.293 e. The Morgan fingerprint density at radius 3 is 2.83 bits per heavy atom. The van der Waals surface area contributed by atoms with E-state index in [1.807, 2.05) is 13.1 Å². The minimum atomic E-state index is 0.532. The number of hydrogen-bond acceptors (Lipinski definition) is 4. The molecule has 1 aliphatic rings. The van der Waals surface area contributed by atoms with E-state index in [2.05, 4.69) is 56.4 Å². The molecule has 6 nitrogen and oxygen atoms in total. The Morgan fingerprint density at radius 1 is 1.17 bits per heavy atom. The van der Waals surface area contributed by atoms with Crippen LogP contribution in [0.4, 0.5) is 0 Å². The van der Waals surface area contributed by atoms with Crippen molar-refractivity contribution < 1.29 is 0 Å². The highest BCUT2D eigenvalue weighted by atomic mass is 15.3. The van der Waals surface area contributed by atoms with Gasteiger partial charge < -0.3 is 0 Å². The van der Waals surface area contributed by atoms with E-state index < -0.39 is 0 Å². The van der Waals surface area contributed by atoms with Crippen LogP contribution >= 0.6 is 0 Å². The number of aryl methyl sites for hydroxylation is 3. The van der Waals surface area contributed by atoms with Crippen molar-refractivity contribution in [3.63, 3.8) is 0 Å². The molecule has 0 bridgehead atoms. The van der Waals surface area contributed by atoms with E-state index in [4.69, 9.17) is 4.98 Å². The first-order valence-electron chi connectivity index (χ1n) is 8.64. The van der Waals surface area contributed by atoms with Gasteiger partial charge in [-0.05, 0) is 51.8 Å². The molecule has 24 heavy (non-hydrogen) atoms. The zero-order valence-corrected chi connectivity index (χ0v) is 14.6. The molecule has 0 aromatic carbocycles. The maximum Gasteiger partial charge on any atom is 0.234 e. The summed E-state index contributed by atoms with van der Waals surface area (Å²) in [6.07, 6.45) is 8.65. The standard InChI is InChI=1S/C18H24N6/c1-13-8-19-23(9-13)12-17-5-4-6-22(17)10-16-11-24-15(3)7-14(2)20-18(24)21-16/h7-9,11,17H,4-6,10,12H2,1-3H3/t17-/m1/s1. The van der Waals surface area contributed by atoms with Gasteiger partial charge in [0.15, 0.2) is 0 Å². The summed E-state index contributed by atoms with van der Waals surface area (Å²) in [6.45, 7) is 9.17. The van der Waals surface area contributed by atoms with E-state index in [1.54, 1.807) is 0 Å². The van der Waals surface area contributed by atoms with Crippen LogP contribution in [0.5, 0.6) is 0 Å². The van der Waals surface area contributed by atoms with Crippen molar-refractivity contribution in [1.29, 1.82) is 0 Å². The Balaban J connectivity index is 1.52. The summed E-state index contributed by atoms with van der Waals surface area (Å²) in [4.78, 5) is 11.8. The molecule has 0 radical (unpaired) electrons. The second-order valence-electron chi connectivity index (χ2n) is 6.95. The topological polar surface area (TPSA) is 51.2 Å². The number of imidazole rings is 1. The third-order valence-corrected chi connectivity index (χ3v) is 4.84. The van der Waals surface area contributed by atoms with Crippen LogP contribution in [-0.4, -0.2) is 41.6 Å². The lowest BCUT2D eigenvalue weighted by molar-refractivity contribution is 0.217. The van der Waals surface area contributed by atoms with Crippen molar-refractivity contribution in [2.45, 2.75) is 52.7 Å². The molecule has 1 atom stereocenters. The van der Waals surface area contributed by atoms with Gasteiger partial charge in [-0.15, -0.1) is 0 Å². The van der Waals surface area contributed by atoms with Gasteiger partial charge in [0.05, 0.1) is 18.4 Å². The van der Waals surface area contributed by atoms with E-state index in [-0.39, 0.29) is 0 Å². The summed E-state index contributed by atoms with van der Waals surface area (Å²) in [6, 6.07) is 2.63. The van der Waals surface area contributed by atoms with Gasteiger partial charge in [0.1, 0.15) is 0 Å². The van der Waals surface area contributed by atoms with Crippen LogP contribution in [0.1, 0.15) is 35.5 Å². The van der Waals surface area contributed by atoms with E-state index in [0.717, 1.165) is 36.8 Å². The molecular weight excluding hydrogens is 300 g/mol. The molecule has 0 saturated carbocycles. The molecule has 1 saturated heterocycles. The highest BCUT2D eigenvalue weighted by Gasteiger charge is 2.26. The number of likely N-dealkylation sites (tertiary alicyclic amines) is 1. The Labute approximate surface area is 142 Å². The van der Waals surface area contributed by atoms with Crippen LogP contribution in [0.15, 0.2) is 24.7 Å². The lowest BCUT2D eigenvalue weighted by atomic mass is 10.2. The fourth-order valence-electron chi connectivity index (χ4n) is 3.70. The molecule has 4 heterocycles. The van der Waals surface area contributed by atoms with Crippen LogP contribution in [0.3, 0.4) is 0 Å². The minimum Gasteiger partial charge on any atom is -0.293 e. The van der Waals surface area contributed by atoms with E-state index >= 15 is 0 Å². The third kappa shape index (κ3) is 2.94. The first kappa shape index (κ1) is 15.3.